The molecule has 178 valence electrons. The standard InChI is InChI=1S/C26H30N4O4/c1-4-21-23(26(33)28-19(15-31)12-16(2)3)30-10-5-6-20(24(30)29-21)25(32)27-14-17-7-8-22-18(13-17)9-11-34-22/h5-11,13,16,19,31H,4,12,14-15H2,1-3H3,(H,27,32)(H,28,33)/t19-/m0/s1. The molecule has 0 radical (unpaired) electrons. The Bertz CT molecular complexity index is 1320. The zero-order valence-corrected chi connectivity index (χ0v) is 19.7. The van der Waals surface area contributed by atoms with Gasteiger partial charge in [-0.05, 0) is 54.7 Å². The number of furan rings is 1. The van der Waals surface area contributed by atoms with E-state index in [9.17, 15) is 14.7 Å². The molecule has 3 aromatic heterocycles. The van der Waals surface area contributed by atoms with Crippen molar-refractivity contribution in [1.82, 2.24) is 20.0 Å². The SMILES string of the molecule is CCc1nc2c(C(=O)NCc3ccc4occc4c3)cccn2c1C(=O)N[C@H](CO)CC(C)C. The Morgan fingerprint density at radius 2 is 2.00 bits per heavy atom. The largest absolute Gasteiger partial charge is 0.464 e. The summed E-state index contributed by atoms with van der Waals surface area (Å²) in [6, 6.07) is 10.7. The lowest BCUT2D eigenvalue weighted by molar-refractivity contribution is 0.0899. The topological polar surface area (TPSA) is 109 Å². The zero-order chi connectivity index (χ0) is 24.2. The van der Waals surface area contributed by atoms with Crippen LogP contribution in [0.4, 0.5) is 0 Å². The second-order valence-electron chi connectivity index (χ2n) is 8.83. The van der Waals surface area contributed by atoms with E-state index in [1.807, 2.05) is 45.0 Å². The van der Waals surface area contributed by atoms with Crippen molar-refractivity contribution in [2.24, 2.45) is 5.92 Å². The number of amides is 2. The van der Waals surface area contributed by atoms with Gasteiger partial charge in [0.1, 0.15) is 11.3 Å². The maximum Gasteiger partial charge on any atom is 0.270 e. The minimum atomic E-state index is -0.346. The van der Waals surface area contributed by atoms with E-state index in [1.54, 1.807) is 29.0 Å². The molecule has 3 N–H and O–H groups in total. The molecule has 0 saturated heterocycles. The van der Waals surface area contributed by atoms with Crippen LogP contribution in [0.1, 0.15) is 59.3 Å². The van der Waals surface area contributed by atoms with Crippen molar-refractivity contribution < 1.29 is 19.1 Å². The molecule has 8 nitrogen and oxygen atoms in total. The highest BCUT2D eigenvalue weighted by Crippen LogP contribution is 2.19. The van der Waals surface area contributed by atoms with Crippen LogP contribution in [0.25, 0.3) is 16.6 Å². The van der Waals surface area contributed by atoms with Gasteiger partial charge in [-0.3, -0.25) is 14.0 Å². The number of aliphatic hydroxyl groups excluding tert-OH is 1. The van der Waals surface area contributed by atoms with Crippen LogP contribution in [0, 0.1) is 5.92 Å². The van der Waals surface area contributed by atoms with Gasteiger partial charge in [0.25, 0.3) is 11.8 Å². The Hall–Kier alpha value is -3.65. The summed E-state index contributed by atoms with van der Waals surface area (Å²) in [6.45, 7) is 6.21. The number of nitrogens with one attached hydrogen (secondary N) is 2. The van der Waals surface area contributed by atoms with Crippen molar-refractivity contribution in [3.05, 3.63) is 71.4 Å². The molecule has 0 bridgehead atoms. The summed E-state index contributed by atoms with van der Waals surface area (Å²) >= 11 is 0. The number of carbonyl (C=O) groups excluding carboxylic acids is 2. The maximum atomic E-state index is 13.1. The third-order valence-corrected chi connectivity index (χ3v) is 5.80. The predicted octanol–water partition coefficient (Wildman–Crippen LogP) is 3.71. The van der Waals surface area contributed by atoms with E-state index < -0.39 is 0 Å². The van der Waals surface area contributed by atoms with Crippen LogP contribution in [0.2, 0.25) is 0 Å². The van der Waals surface area contributed by atoms with E-state index >= 15 is 0 Å². The number of imidazole rings is 1. The van der Waals surface area contributed by atoms with Crippen LogP contribution in [-0.2, 0) is 13.0 Å². The maximum absolute atomic E-state index is 13.1. The monoisotopic (exact) mass is 462 g/mol. The number of aromatic nitrogens is 2. The van der Waals surface area contributed by atoms with Crippen molar-refractivity contribution in [3.63, 3.8) is 0 Å². The molecule has 0 fully saturated rings. The fraction of sp³-hybridized carbons (Fsp3) is 0.346. The molecule has 3 heterocycles. The van der Waals surface area contributed by atoms with E-state index in [1.165, 1.54) is 0 Å². The summed E-state index contributed by atoms with van der Waals surface area (Å²) in [4.78, 5) is 30.8. The number of hydrogen-bond donors (Lipinski definition) is 3. The number of carbonyl (C=O) groups is 2. The number of pyridine rings is 1. The number of aliphatic hydroxyl groups is 1. The number of benzene rings is 1. The van der Waals surface area contributed by atoms with Gasteiger partial charge in [0.2, 0.25) is 0 Å². The highest BCUT2D eigenvalue weighted by molar-refractivity contribution is 6.02. The highest BCUT2D eigenvalue weighted by Gasteiger charge is 2.24. The third kappa shape index (κ3) is 4.82. The smallest absolute Gasteiger partial charge is 0.270 e. The fourth-order valence-electron chi connectivity index (χ4n) is 4.18. The first-order valence-corrected chi connectivity index (χ1v) is 11.6. The first-order valence-electron chi connectivity index (χ1n) is 11.6. The van der Waals surface area contributed by atoms with Gasteiger partial charge < -0.3 is 20.2 Å². The fourth-order valence-corrected chi connectivity index (χ4v) is 4.18. The van der Waals surface area contributed by atoms with Gasteiger partial charge in [-0.1, -0.05) is 26.8 Å². The molecule has 0 aliphatic carbocycles. The lowest BCUT2D eigenvalue weighted by Crippen LogP contribution is -2.39. The van der Waals surface area contributed by atoms with E-state index in [-0.39, 0.29) is 24.5 Å². The van der Waals surface area contributed by atoms with Crippen LogP contribution >= 0.6 is 0 Å². The summed E-state index contributed by atoms with van der Waals surface area (Å²) in [5.74, 6) is -0.254. The van der Waals surface area contributed by atoms with Gasteiger partial charge in [-0.25, -0.2) is 4.98 Å². The van der Waals surface area contributed by atoms with Crippen LogP contribution in [0.3, 0.4) is 0 Å². The van der Waals surface area contributed by atoms with Crippen LogP contribution < -0.4 is 10.6 Å². The average molecular weight is 463 g/mol. The number of fused-ring (bicyclic) bond motifs is 2. The number of aryl methyl sites for hydroxylation is 1. The molecule has 8 heteroatoms. The predicted molar refractivity (Wildman–Crippen MR) is 130 cm³/mol. The molecule has 0 saturated carbocycles. The molecule has 34 heavy (non-hydrogen) atoms. The summed E-state index contributed by atoms with van der Waals surface area (Å²) < 4.78 is 7.02. The molecule has 1 atom stereocenters. The number of nitrogens with zero attached hydrogens (tertiary/aromatic N) is 2. The Morgan fingerprint density at radius 1 is 1.18 bits per heavy atom. The van der Waals surface area contributed by atoms with Gasteiger partial charge in [-0.2, -0.15) is 0 Å². The summed E-state index contributed by atoms with van der Waals surface area (Å²) in [6.07, 6.45) is 4.57. The van der Waals surface area contributed by atoms with Crippen LogP contribution in [-0.4, -0.2) is 39.0 Å². The van der Waals surface area contributed by atoms with Crippen molar-refractivity contribution in [1.29, 1.82) is 0 Å². The Morgan fingerprint density at radius 3 is 2.74 bits per heavy atom. The molecule has 4 aromatic rings. The summed E-state index contributed by atoms with van der Waals surface area (Å²) in [7, 11) is 0. The number of rotatable bonds is 9. The quantitative estimate of drug-likeness (QED) is 0.351. The van der Waals surface area contributed by atoms with Crippen molar-refractivity contribution >= 4 is 28.4 Å². The Labute approximate surface area is 198 Å². The first-order chi connectivity index (χ1) is 16.4. The Kier molecular flexibility index (Phi) is 6.98. The van der Waals surface area contributed by atoms with Gasteiger partial charge >= 0.3 is 0 Å². The molecule has 0 unspecified atom stereocenters. The van der Waals surface area contributed by atoms with Crippen LogP contribution in [0.15, 0.2) is 53.3 Å². The molecule has 4 rings (SSSR count). The first kappa shape index (κ1) is 23.5. The third-order valence-electron chi connectivity index (χ3n) is 5.80. The molecular weight excluding hydrogens is 432 g/mol. The Balaban J connectivity index is 1.58. The van der Waals surface area contributed by atoms with Crippen LogP contribution in [0.5, 0.6) is 0 Å². The summed E-state index contributed by atoms with van der Waals surface area (Å²) in [5, 5.41) is 16.5. The van der Waals surface area contributed by atoms with Crippen molar-refractivity contribution in [2.75, 3.05) is 6.61 Å². The van der Waals surface area contributed by atoms with Crippen molar-refractivity contribution in [3.8, 4) is 0 Å². The molecular formula is C26H30N4O4. The average Bonchev–Trinajstić information content (AvgIpc) is 3.45. The van der Waals surface area contributed by atoms with Gasteiger partial charge in [0.05, 0.1) is 30.2 Å². The van der Waals surface area contributed by atoms with Gasteiger partial charge in [0.15, 0.2) is 5.65 Å². The van der Waals surface area contributed by atoms with Crippen molar-refractivity contribution in [2.45, 2.75) is 46.2 Å². The molecule has 0 aliphatic heterocycles. The molecule has 0 spiro atoms. The van der Waals surface area contributed by atoms with E-state index in [4.69, 9.17) is 4.42 Å². The van der Waals surface area contributed by atoms with E-state index in [0.717, 1.165) is 16.5 Å². The highest BCUT2D eigenvalue weighted by atomic mass is 16.3. The van der Waals surface area contributed by atoms with E-state index in [0.29, 0.717) is 47.9 Å². The number of hydrogen-bond acceptors (Lipinski definition) is 5. The molecule has 0 aliphatic rings. The van der Waals surface area contributed by atoms with Gasteiger partial charge in [-0.15, -0.1) is 0 Å². The molecule has 2 amide bonds. The zero-order valence-electron chi connectivity index (χ0n) is 19.7. The second kappa shape index (κ2) is 10.1. The summed E-state index contributed by atoms with van der Waals surface area (Å²) in [5.41, 5.74) is 3.56. The lowest BCUT2D eigenvalue weighted by Gasteiger charge is -2.18. The second-order valence-corrected chi connectivity index (χ2v) is 8.83. The van der Waals surface area contributed by atoms with Gasteiger partial charge in [0, 0.05) is 18.1 Å². The minimum Gasteiger partial charge on any atom is -0.464 e. The van der Waals surface area contributed by atoms with E-state index in [2.05, 4.69) is 15.6 Å². The minimum absolute atomic E-state index is 0.139. The molecule has 1 aromatic carbocycles. The lowest BCUT2D eigenvalue weighted by atomic mass is 10.0. The normalized spacial score (nSPS) is 12.4.